The summed E-state index contributed by atoms with van der Waals surface area (Å²) in [7, 11) is 1.39. The summed E-state index contributed by atoms with van der Waals surface area (Å²) in [6, 6.07) is 1.75. The van der Waals surface area contributed by atoms with Gasteiger partial charge in [-0.15, -0.1) is 0 Å². The number of carbonyl (C=O) groups excluding carboxylic acids is 2. The van der Waals surface area contributed by atoms with Gasteiger partial charge in [0.2, 0.25) is 17.6 Å². The highest BCUT2D eigenvalue weighted by Crippen LogP contribution is 2.34. The third-order valence-electron chi connectivity index (χ3n) is 4.33. The Kier molecular flexibility index (Phi) is 5.44. The number of nitrogens with one attached hydrogen (secondary N) is 1. The molecule has 0 saturated carbocycles. The fraction of sp³-hybridized carbons (Fsp3) is 0.412. The molecule has 29 heavy (non-hydrogen) atoms. The van der Waals surface area contributed by atoms with Gasteiger partial charge in [-0.05, 0) is 19.1 Å². The van der Waals surface area contributed by atoms with Crippen LogP contribution in [0.25, 0.3) is 11.4 Å². The predicted molar refractivity (Wildman–Crippen MR) is 88.9 cm³/mol. The molecule has 2 aromatic rings. The predicted octanol–water partition coefficient (Wildman–Crippen LogP) is 2.14. The zero-order valence-corrected chi connectivity index (χ0v) is 15.3. The molecule has 1 aliphatic rings. The second kappa shape index (κ2) is 7.68. The smallest absolute Gasteiger partial charge is 0.471 e. The molecule has 3 rings (SSSR count). The molecule has 0 bridgehead atoms. The lowest BCUT2D eigenvalue weighted by Gasteiger charge is -2.26. The van der Waals surface area contributed by atoms with Crippen LogP contribution in [0.1, 0.15) is 24.8 Å². The van der Waals surface area contributed by atoms with E-state index in [1.165, 1.54) is 18.0 Å². The summed E-state index contributed by atoms with van der Waals surface area (Å²) < 4.78 is 62.4. The molecule has 8 nitrogen and oxygen atoms in total. The van der Waals surface area contributed by atoms with Gasteiger partial charge < -0.3 is 19.5 Å². The van der Waals surface area contributed by atoms with Crippen LogP contribution in [0, 0.1) is 5.82 Å². The van der Waals surface area contributed by atoms with Gasteiger partial charge in [0.25, 0.3) is 0 Å². The molecule has 1 aromatic carbocycles. The summed E-state index contributed by atoms with van der Waals surface area (Å²) >= 11 is 0. The van der Waals surface area contributed by atoms with E-state index in [9.17, 15) is 27.2 Å². The Morgan fingerprint density at radius 2 is 2.07 bits per heavy atom. The van der Waals surface area contributed by atoms with Crippen molar-refractivity contribution < 1.29 is 36.4 Å². The number of amides is 2. The van der Waals surface area contributed by atoms with Crippen LogP contribution in [0.3, 0.4) is 0 Å². The van der Waals surface area contributed by atoms with Gasteiger partial charge in [0.15, 0.2) is 0 Å². The molecule has 1 aromatic heterocycles. The second-order valence-electron chi connectivity index (χ2n) is 6.39. The highest BCUT2D eigenvalue weighted by molar-refractivity contribution is 5.96. The van der Waals surface area contributed by atoms with E-state index in [0.29, 0.717) is 0 Å². The number of rotatable bonds is 3. The van der Waals surface area contributed by atoms with Crippen molar-refractivity contribution in [1.82, 2.24) is 20.4 Å². The summed E-state index contributed by atoms with van der Waals surface area (Å²) in [6.45, 7) is 1.50. The van der Waals surface area contributed by atoms with E-state index < -0.39 is 48.0 Å². The zero-order chi connectivity index (χ0) is 21.3. The van der Waals surface area contributed by atoms with E-state index in [0.717, 1.165) is 6.07 Å². The first kappa shape index (κ1) is 20.6. The molecule has 2 amide bonds. The standard InChI is InChI=1S/C17H16F4N4O4/c1-8-7-28-12-4-9(15-23-16(29-24-15)17(19,20)21)3-11(18)10(12)6-25(8)14(27)5-13(26)22-2/h3-4,8H,5-7H2,1-2H3,(H,22,26)/t8-/m0/s1. The molecule has 1 N–H and O–H groups in total. The van der Waals surface area contributed by atoms with Gasteiger partial charge in [0.05, 0.1) is 12.6 Å². The number of halogens is 4. The van der Waals surface area contributed by atoms with Crippen molar-refractivity contribution in [2.75, 3.05) is 13.7 Å². The minimum atomic E-state index is -4.83. The van der Waals surface area contributed by atoms with Crippen molar-refractivity contribution in [2.24, 2.45) is 0 Å². The van der Waals surface area contributed by atoms with Gasteiger partial charge in [-0.3, -0.25) is 9.59 Å². The minimum Gasteiger partial charge on any atom is -0.491 e. The molecule has 0 radical (unpaired) electrons. The Labute approximate surface area is 161 Å². The first-order chi connectivity index (χ1) is 13.6. The first-order valence-electron chi connectivity index (χ1n) is 8.46. The van der Waals surface area contributed by atoms with Crippen molar-refractivity contribution in [1.29, 1.82) is 0 Å². The molecule has 156 valence electrons. The Hall–Kier alpha value is -3.18. The number of fused-ring (bicyclic) bond motifs is 1. The van der Waals surface area contributed by atoms with Crippen LogP contribution in [0.5, 0.6) is 5.75 Å². The average molecular weight is 416 g/mol. The molecule has 1 atom stereocenters. The third-order valence-corrected chi connectivity index (χ3v) is 4.33. The van der Waals surface area contributed by atoms with Crippen LogP contribution in [-0.4, -0.2) is 46.6 Å². The number of hydrogen-bond donors (Lipinski definition) is 1. The highest BCUT2D eigenvalue weighted by atomic mass is 19.4. The summed E-state index contributed by atoms with van der Waals surface area (Å²) in [5.74, 6) is -3.77. The zero-order valence-electron chi connectivity index (χ0n) is 15.3. The highest BCUT2D eigenvalue weighted by Gasteiger charge is 2.38. The fourth-order valence-corrected chi connectivity index (χ4v) is 2.77. The van der Waals surface area contributed by atoms with Crippen LogP contribution in [-0.2, 0) is 22.3 Å². The number of ether oxygens (including phenoxy) is 1. The lowest BCUT2D eigenvalue weighted by molar-refractivity contribution is -0.159. The molecule has 12 heteroatoms. The first-order valence-corrected chi connectivity index (χ1v) is 8.46. The molecule has 0 unspecified atom stereocenters. The quantitative estimate of drug-likeness (QED) is 0.608. The lowest BCUT2D eigenvalue weighted by Crippen LogP contribution is -2.41. The van der Waals surface area contributed by atoms with Crippen molar-refractivity contribution in [3.05, 3.63) is 29.4 Å². The van der Waals surface area contributed by atoms with E-state index in [2.05, 4.69) is 20.0 Å². The van der Waals surface area contributed by atoms with Crippen molar-refractivity contribution >= 4 is 11.8 Å². The largest absolute Gasteiger partial charge is 0.491 e. The number of carbonyl (C=O) groups is 2. The molecule has 0 saturated heterocycles. The molecule has 0 spiro atoms. The number of hydrogen-bond acceptors (Lipinski definition) is 6. The van der Waals surface area contributed by atoms with E-state index in [-0.39, 0.29) is 30.0 Å². The maximum absolute atomic E-state index is 14.7. The van der Waals surface area contributed by atoms with Crippen molar-refractivity contribution in [3.8, 4) is 17.1 Å². The molecular weight excluding hydrogens is 400 g/mol. The van der Waals surface area contributed by atoms with Gasteiger partial charge in [0, 0.05) is 18.2 Å². The monoisotopic (exact) mass is 416 g/mol. The van der Waals surface area contributed by atoms with Gasteiger partial charge in [-0.25, -0.2) is 4.39 Å². The molecule has 2 heterocycles. The summed E-state index contributed by atoms with van der Waals surface area (Å²) in [4.78, 5) is 28.4. The summed E-state index contributed by atoms with van der Waals surface area (Å²) in [5, 5.41) is 5.57. The maximum Gasteiger partial charge on any atom is 0.471 e. The molecule has 0 fully saturated rings. The molecular formula is C17H16F4N4O4. The SMILES string of the molecule is CNC(=O)CC(=O)N1Cc2c(F)cc(-c3noc(C(F)(F)F)n3)cc2OC[C@@H]1C. The Balaban J connectivity index is 1.91. The van der Waals surface area contributed by atoms with Gasteiger partial charge in [-0.2, -0.15) is 18.2 Å². The fourth-order valence-electron chi connectivity index (χ4n) is 2.77. The summed E-state index contributed by atoms with van der Waals surface area (Å²) in [5.41, 5.74) is -0.0406. The Morgan fingerprint density at radius 3 is 2.69 bits per heavy atom. The van der Waals surface area contributed by atoms with Gasteiger partial charge in [-0.1, -0.05) is 5.16 Å². The summed E-state index contributed by atoms with van der Waals surface area (Å²) in [6.07, 6.45) is -5.23. The average Bonchev–Trinajstić information content (AvgIpc) is 3.09. The van der Waals surface area contributed by atoms with Crippen LogP contribution in [0.15, 0.2) is 16.7 Å². The van der Waals surface area contributed by atoms with E-state index in [1.54, 1.807) is 6.92 Å². The normalized spacial score (nSPS) is 16.6. The molecule has 0 aliphatic carbocycles. The van der Waals surface area contributed by atoms with Crippen LogP contribution in [0.4, 0.5) is 17.6 Å². The maximum atomic E-state index is 14.7. The Morgan fingerprint density at radius 1 is 1.34 bits per heavy atom. The van der Waals surface area contributed by atoms with E-state index in [4.69, 9.17) is 4.74 Å². The number of aromatic nitrogens is 2. The van der Waals surface area contributed by atoms with Crippen molar-refractivity contribution in [2.45, 2.75) is 32.1 Å². The number of alkyl halides is 3. The minimum absolute atomic E-state index is 0.00454. The molecule has 1 aliphatic heterocycles. The van der Waals surface area contributed by atoms with Crippen LogP contribution < -0.4 is 10.1 Å². The lowest BCUT2D eigenvalue weighted by atomic mass is 10.1. The van der Waals surface area contributed by atoms with Gasteiger partial charge in [0.1, 0.15) is 24.6 Å². The van der Waals surface area contributed by atoms with Gasteiger partial charge >= 0.3 is 12.1 Å². The Bertz CT molecular complexity index is 944. The number of nitrogens with zero attached hydrogens (tertiary/aromatic N) is 3. The second-order valence-corrected chi connectivity index (χ2v) is 6.39. The third kappa shape index (κ3) is 4.30. The topological polar surface area (TPSA) is 97.6 Å². The van der Waals surface area contributed by atoms with E-state index in [1.807, 2.05) is 0 Å². The van der Waals surface area contributed by atoms with Crippen molar-refractivity contribution in [3.63, 3.8) is 0 Å². The number of benzene rings is 1. The van der Waals surface area contributed by atoms with Crippen LogP contribution in [0.2, 0.25) is 0 Å². The van der Waals surface area contributed by atoms with Crippen LogP contribution >= 0.6 is 0 Å². The van der Waals surface area contributed by atoms with E-state index >= 15 is 0 Å².